The van der Waals surface area contributed by atoms with Gasteiger partial charge in [0.05, 0.1) is 7.11 Å². The number of nitrogens with one attached hydrogen (secondary N) is 1. The summed E-state index contributed by atoms with van der Waals surface area (Å²) in [6.07, 6.45) is 0.100. The monoisotopic (exact) mass is 293 g/mol. The smallest absolute Gasteiger partial charge is 0.408 e. The molecule has 0 aliphatic carbocycles. The molecule has 6 nitrogen and oxygen atoms in total. The van der Waals surface area contributed by atoms with Gasteiger partial charge in [-0.05, 0) is 11.5 Å². The Morgan fingerprint density at radius 3 is 2.52 bits per heavy atom. The molecule has 2 atom stereocenters. The van der Waals surface area contributed by atoms with Crippen LogP contribution in [0.3, 0.4) is 0 Å². The third kappa shape index (κ3) is 5.64. The summed E-state index contributed by atoms with van der Waals surface area (Å²) in [5.74, 6) is -0.986. The number of carbonyl (C=O) groups excluding carboxylic acids is 3. The molecule has 0 saturated carbocycles. The zero-order valence-corrected chi connectivity index (χ0v) is 12.1. The van der Waals surface area contributed by atoms with Gasteiger partial charge in [0.1, 0.15) is 18.9 Å². The highest BCUT2D eigenvalue weighted by Gasteiger charge is 2.28. The maximum atomic E-state index is 11.7. The molecule has 1 N–H and O–H groups in total. The van der Waals surface area contributed by atoms with Crippen LogP contribution in [-0.4, -0.2) is 31.5 Å². The van der Waals surface area contributed by atoms with Crippen LogP contribution in [0.25, 0.3) is 0 Å². The van der Waals surface area contributed by atoms with Crippen molar-refractivity contribution in [3.05, 3.63) is 35.9 Å². The molecule has 0 radical (unpaired) electrons. The normalized spacial score (nSPS) is 12.9. The summed E-state index contributed by atoms with van der Waals surface area (Å²) in [4.78, 5) is 33.9. The van der Waals surface area contributed by atoms with Crippen LogP contribution in [0.4, 0.5) is 4.79 Å². The van der Waals surface area contributed by atoms with Gasteiger partial charge in [-0.3, -0.25) is 0 Å². The Morgan fingerprint density at radius 2 is 1.95 bits per heavy atom. The van der Waals surface area contributed by atoms with Crippen molar-refractivity contribution in [1.29, 1.82) is 0 Å². The van der Waals surface area contributed by atoms with E-state index in [4.69, 9.17) is 4.74 Å². The van der Waals surface area contributed by atoms with Gasteiger partial charge in [0.25, 0.3) is 0 Å². The van der Waals surface area contributed by atoms with Crippen LogP contribution in [0.5, 0.6) is 0 Å². The molecule has 0 heterocycles. The first kappa shape index (κ1) is 16.7. The summed E-state index contributed by atoms with van der Waals surface area (Å²) in [6, 6.07) is 8.25. The van der Waals surface area contributed by atoms with Crippen LogP contribution in [0, 0.1) is 5.92 Å². The van der Waals surface area contributed by atoms with Gasteiger partial charge in [-0.2, -0.15) is 0 Å². The molecular formula is C15H19NO5. The zero-order valence-electron chi connectivity index (χ0n) is 12.1. The lowest BCUT2D eigenvalue weighted by molar-refractivity contribution is -0.144. The third-order valence-electron chi connectivity index (χ3n) is 2.98. The summed E-state index contributed by atoms with van der Waals surface area (Å²) in [6.45, 7) is 1.77. The van der Waals surface area contributed by atoms with Crippen LogP contribution in [0.1, 0.15) is 18.9 Å². The summed E-state index contributed by atoms with van der Waals surface area (Å²) in [5.41, 5.74) is 0.836. The zero-order chi connectivity index (χ0) is 15.7. The van der Waals surface area contributed by atoms with E-state index in [-0.39, 0.29) is 18.9 Å². The van der Waals surface area contributed by atoms with Crippen molar-refractivity contribution in [1.82, 2.24) is 5.32 Å². The third-order valence-corrected chi connectivity index (χ3v) is 2.98. The number of alkyl carbamates (subject to hydrolysis) is 1. The van der Waals surface area contributed by atoms with Crippen molar-refractivity contribution < 1.29 is 23.9 Å². The molecule has 1 aromatic rings. The van der Waals surface area contributed by atoms with E-state index in [0.717, 1.165) is 5.56 Å². The Labute approximate surface area is 123 Å². The van der Waals surface area contributed by atoms with Gasteiger partial charge in [-0.1, -0.05) is 37.3 Å². The van der Waals surface area contributed by atoms with E-state index in [9.17, 15) is 14.4 Å². The predicted molar refractivity (Wildman–Crippen MR) is 75.4 cm³/mol. The molecule has 0 aliphatic rings. The average molecular weight is 293 g/mol. The highest BCUT2D eigenvalue weighted by molar-refractivity contribution is 5.81. The molecule has 0 aromatic heterocycles. The lowest BCUT2D eigenvalue weighted by Crippen LogP contribution is -2.46. The molecule has 6 heteroatoms. The predicted octanol–water partition coefficient (Wildman–Crippen LogP) is 1.68. The molecule has 1 rings (SSSR count). The minimum absolute atomic E-state index is 0.0998. The second kappa shape index (κ2) is 8.73. The number of methoxy groups -OCH3 is 1. The maximum absolute atomic E-state index is 11.7. The molecule has 0 fully saturated rings. The van der Waals surface area contributed by atoms with Gasteiger partial charge in [-0.15, -0.1) is 0 Å². The van der Waals surface area contributed by atoms with Crippen molar-refractivity contribution in [3.63, 3.8) is 0 Å². The van der Waals surface area contributed by atoms with E-state index < -0.39 is 18.1 Å². The van der Waals surface area contributed by atoms with Crippen molar-refractivity contribution >= 4 is 18.3 Å². The molecule has 0 aliphatic heterocycles. The largest absolute Gasteiger partial charge is 0.467 e. The van der Waals surface area contributed by atoms with E-state index in [1.54, 1.807) is 6.92 Å². The molecule has 0 spiro atoms. The Balaban J connectivity index is 2.55. The molecule has 0 unspecified atom stereocenters. The Kier molecular flexibility index (Phi) is 6.94. The van der Waals surface area contributed by atoms with Gasteiger partial charge in [0, 0.05) is 6.42 Å². The number of esters is 1. The summed E-state index contributed by atoms with van der Waals surface area (Å²) in [5, 5.41) is 2.43. The molecular weight excluding hydrogens is 274 g/mol. The van der Waals surface area contributed by atoms with Crippen LogP contribution in [-0.2, 0) is 25.7 Å². The van der Waals surface area contributed by atoms with E-state index >= 15 is 0 Å². The van der Waals surface area contributed by atoms with Gasteiger partial charge < -0.3 is 19.6 Å². The van der Waals surface area contributed by atoms with Crippen LogP contribution in [0.2, 0.25) is 0 Å². The van der Waals surface area contributed by atoms with Crippen molar-refractivity contribution in [2.24, 2.45) is 5.92 Å². The number of rotatable bonds is 7. The molecule has 21 heavy (non-hydrogen) atoms. The highest BCUT2D eigenvalue weighted by atomic mass is 16.6. The minimum atomic E-state index is -0.913. The minimum Gasteiger partial charge on any atom is -0.467 e. The molecule has 0 saturated heterocycles. The molecule has 1 aromatic carbocycles. The summed E-state index contributed by atoms with van der Waals surface area (Å²) < 4.78 is 9.65. The number of hydrogen-bond donors (Lipinski definition) is 1. The molecule has 0 bridgehead atoms. The van der Waals surface area contributed by atoms with Crippen molar-refractivity contribution in [2.75, 3.05) is 7.11 Å². The highest BCUT2D eigenvalue weighted by Crippen LogP contribution is 2.09. The first-order chi connectivity index (χ1) is 10.1. The van der Waals surface area contributed by atoms with E-state index in [2.05, 4.69) is 10.1 Å². The second-order valence-corrected chi connectivity index (χ2v) is 4.59. The SMILES string of the molecule is COC(=O)[C@@H](NC(=O)OCc1ccccc1)[C@@H](C)CC=O. The lowest BCUT2D eigenvalue weighted by atomic mass is 9.99. The first-order valence-electron chi connectivity index (χ1n) is 6.57. The second-order valence-electron chi connectivity index (χ2n) is 4.59. The van der Waals surface area contributed by atoms with E-state index in [1.807, 2.05) is 30.3 Å². The number of carbonyl (C=O) groups is 3. The Hall–Kier alpha value is -2.37. The lowest BCUT2D eigenvalue weighted by Gasteiger charge is -2.21. The number of benzene rings is 1. The van der Waals surface area contributed by atoms with Crippen molar-refractivity contribution in [3.8, 4) is 0 Å². The molecule has 114 valence electrons. The number of aldehydes is 1. The van der Waals surface area contributed by atoms with E-state index in [0.29, 0.717) is 6.29 Å². The number of hydrogen-bond acceptors (Lipinski definition) is 5. The fraction of sp³-hybridized carbons (Fsp3) is 0.400. The van der Waals surface area contributed by atoms with Crippen LogP contribution < -0.4 is 5.32 Å². The van der Waals surface area contributed by atoms with Crippen LogP contribution >= 0.6 is 0 Å². The van der Waals surface area contributed by atoms with Crippen LogP contribution in [0.15, 0.2) is 30.3 Å². The number of amides is 1. The van der Waals surface area contributed by atoms with Gasteiger partial charge in [0.2, 0.25) is 0 Å². The summed E-state index contributed by atoms with van der Waals surface area (Å²) >= 11 is 0. The topological polar surface area (TPSA) is 81.7 Å². The molecule has 1 amide bonds. The average Bonchev–Trinajstić information content (AvgIpc) is 2.51. The first-order valence-corrected chi connectivity index (χ1v) is 6.57. The van der Waals surface area contributed by atoms with Gasteiger partial charge >= 0.3 is 12.1 Å². The Bertz CT molecular complexity index is 474. The fourth-order valence-electron chi connectivity index (χ4n) is 1.74. The van der Waals surface area contributed by atoms with E-state index in [1.165, 1.54) is 7.11 Å². The standard InChI is InChI=1S/C15H19NO5/c1-11(8-9-17)13(14(18)20-2)16-15(19)21-10-12-6-4-3-5-7-12/h3-7,9,11,13H,8,10H2,1-2H3,(H,16,19)/t11-,13-/m0/s1. The van der Waals surface area contributed by atoms with Gasteiger partial charge in [0.15, 0.2) is 0 Å². The van der Waals surface area contributed by atoms with Gasteiger partial charge in [-0.25, -0.2) is 9.59 Å². The summed E-state index contributed by atoms with van der Waals surface area (Å²) in [7, 11) is 1.22. The Morgan fingerprint density at radius 1 is 1.29 bits per heavy atom. The quantitative estimate of drug-likeness (QED) is 0.611. The fourth-order valence-corrected chi connectivity index (χ4v) is 1.74. The maximum Gasteiger partial charge on any atom is 0.408 e. The number of ether oxygens (including phenoxy) is 2. The van der Waals surface area contributed by atoms with Crippen molar-refractivity contribution in [2.45, 2.75) is 26.0 Å².